The van der Waals surface area contributed by atoms with E-state index in [1.165, 1.54) is 6.42 Å². The number of nitrogens with zero attached hydrogens (tertiary/aromatic N) is 2. The van der Waals surface area contributed by atoms with E-state index in [4.69, 9.17) is 0 Å². The molecule has 1 aliphatic rings. The summed E-state index contributed by atoms with van der Waals surface area (Å²) in [4.78, 5) is 18.4. The van der Waals surface area contributed by atoms with E-state index in [2.05, 4.69) is 31.5 Å². The summed E-state index contributed by atoms with van der Waals surface area (Å²) >= 11 is 3.36. The molecule has 5 nitrogen and oxygen atoms in total. The van der Waals surface area contributed by atoms with Crippen molar-refractivity contribution < 1.29 is 4.79 Å². The number of anilines is 1. The number of carbonyl (C=O) groups is 1. The van der Waals surface area contributed by atoms with Crippen molar-refractivity contribution in [2.24, 2.45) is 0 Å². The molecule has 1 atom stereocenters. The van der Waals surface area contributed by atoms with Crippen molar-refractivity contribution in [1.82, 2.24) is 15.6 Å². The maximum atomic E-state index is 12.3. The van der Waals surface area contributed by atoms with Crippen molar-refractivity contribution in [2.45, 2.75) is 18.9 Å². The van der Waals surface area contributed by atoms with Crippen LogP contribution >= 0.6 is 15.9 Å². The lowest BCUT2D eigenvalue weighted by Gasteiger charge is -2.17. The third-order valence-corrected chi connectivity index (χ3v) is 3.61. The predicted molar refractivity (Wildman–Crippen MR) is 79.6 cm³/mol. The Hall–Kier alpha value is -1.14. The van der Waals surface area contributed by atoms with Gasteiger partial charge in [0, 0.05) is 37.4 Å². The Morgan fingerprint density at radius 2 is 2.42 bits per heavy atom. The number of amides is 1. The second-order valence-corrected chi connectivity index (χ2v) is 5.84. The second kappa shape index (κ2) is 6.34. The fourth-order valence-corrected chi connectivity index (χ4v) is 2.53. The molecule has 1 aromatic rings. The van der Waals surface area contributed by atoms with E-state index in [-0.39, 0.29) is 5.91 Å². The van der Waals surface area contributed by atoms with Crippen LogP contribution in [-0.2, 0) is 0 Å². The van der Waals surface area contributed by atoms with Gasteiger partial charge in [-0.05, 0) is 41.4 Å². The summed E-state index contributed by atoms with van der Waals surface area (Å²) in [7, 11) is 3.76. The van der Waals surface area contributed by atoms with Crippen LogP contribution in [0.15, 0.2) is 16.7 Å². The highest BCUT2D eigenvalue weighted by Crippen LogP contribution is 2.20. The smallest absolute Gasteiger partial charge is 0.255 e. The van der Waals surface area contributed by atoms with Gasteiger partial charge in [0.15, 0.2) is 0 Å². The van der Waals surface area contributed by atoms with Gasteiger partial charge in [0.25, 0.3) is 5.91 Å². The number of nitrogens with one attached hydrogen (secondary N) is 2. The van der Waals surface area contributed by atoms with E-state index >= 15 is 0 Å². The van der Waals surface area contributed by atoms with Gasteiger partial charge in [-0.3, -0.25) is 4.79 Å². The zero-order chi connectivity index (χ0) is 13.8. The molecular weight excluding hydrogens is 308 g/mol. The Morgan fingerprint density at radius 3 is 3.05 bits per heavy atom. The molecular formula is C13H19BrN4O. The normalized spacial score (nSPS) is 18.4. The third kappa shape index (κ3) is 3.67. The molecule has 2 rings (SSSR count). The van der Waals surface area contributed by atoms with Crippen LogP contribution in [0.2, 0.25) is 0 Å². The highest BCUT2D eigenvalue weighted by Gasteiger charge is 2.18. The molecule has 6 heteroatoms. The summed E-state index contributed by atoms with van der Waals surface area (Å²) < 4.78 is 0.808. The van der Waals surface area contributed by atoms with Crippen LogP contribution in [0.25, 0.3) is 0 Å². The Balaban J connectivity index is 2.06. The number of carbonyl (C=O) groups excluding carboxylic acids is 1. The average Bonchev–Trinajstić information content (AvgIpc) is 2.88. The van der Waals surface area contributed by atoms with Gasteiger partial charge >= 0.3 is 0 Å². The van der Waals surface area contributed by atoms with Gasteiger partial charge in [-0.1, -0.05) is 0 Å². The first kappa shape index (κ1) is 14.3. The Bertz CT molecular complexity index is 458. The minimum atomic E-state index is -0.0776. The van der Waals surface area contributed by atoms with Crippen molar-refractivity contribution in [3.05, 3.63) is 22.3 Å². The standard InChI is InChI=1S/C13H19BrN4O/c1-18(2)12-11(6-9(14)7-16-12)13(19)17-8-10-4-3-5-15-10/h6-7,10,15H,3-5,8H2,1-2H3,(H,17,19). The zero-order valence-corrected chi connectivity index (χ0v) is 12.8. The number of halogens is 1. The molecule has 0 aromatic carbocycles. The molecule has 1 fully saturated rings. The lowest BCUT2D eigenvalue weighted by atomic mass is 10.2. The van der Waals surface area contributed by atoms with Crippen LogP contribution in [0, 0.1) is 0 Å². The van der Waals surface area contributed by atoms with Gasteiger partial charge in [0.1, 0.15) is 5.82 Å². The summed E-state index contributed by atoms with van der Waals surface area (Å²) in [6, 6.07) is 2.20. The Morgan fingerprint density at radius 1 is 1.63 bits per heavy atom. The average molecular weight is 327 g/mol. The van der Waals surface area contributed by atoms with Crippen molar-refractivity contribution in [2.75, 3.05) is 32.1 Å². The first-order valence-corrected chi connectivity index (χ1v) is 7.21. The summed E-state index contributed by atoms with van der Waals surface area (Å²) in [5.74, 6) is 0.603. The number of hydrogen-bond acceptors (Lipinski definition) is 4. The van der Waals surface area contributed by atoms with Gasteiger partial charge in [0.05, 0.1) is 5.56 Å². The topological polar surface area (TPSA) is 57.3 Å². The molecule has 0 spiro atoms. The van der Waals surface area contributed by atoms with Crippen molar-refractivity contribution in [3.63, 3.8) is 0 Å². The highest BCUT2D eigenvalue weighted by molar-refractivity contribution is 9.10. The molecule has 1 unspecified atom stereocenters. The van der Waals surface area contributed by atoms with Gasteiger partial charge < -0.3 is 15.5 Å². The SMILES string of the molecule is CN(C)c1ncc(Br)cc1C(=O)NCC1CCCN1. The van der Waals surface area contributed by atoms with E-state index in [0.717, 1.165) is 17.4 Å². The highest BCUT2D eigenvalue weighted by atomic mass is 79.9. The van der Waals surface area contributed by atoms with Gasteiger partial charge in [0.2, 0.25) is 0 Å². The van der Waals surface area contributed by atoms with Gasteiger partial charge in [-0.2, -0.15) is 0 Å². The molecule has 0 radical (unpaired) electrons. The van der Waals surface area contributed by atoms with Crippen LogP contribution in [0.5, 0.6) is 0 Å². The third-order valence-electron chi connectivity index (χ3n) is 3.17. The monoisotopic (exact) mass is 326 g/mol. The molecule has 1 aliphatic heterocycles. The van der Waals surface area contributed by atoms with Gasteiger partial charge in [-0.15, -0.1) is 0 Å². The number of pyridine rings is 1. The van der Waals surface area contributed by atoms with Crippen molar-refractivity contribution >= 4 is 27.7 Å². The molecule has 1 amide bonds. The van der Waals surface area contributed by atoms with E-state index in [0.29, 0.717) is 24.0 Å². The maximum Gasteiger partial charge on any atom is 0.255 e. The summed E-state index contributed by atoms with van der Waals surface area (Å²) in [6.45, 7) is 1.71. The Kier molecular flexibility index (Phi) is 4.76. The largest absolute Gasteiger partial charge is 0.362 e. The van der Waals surface area contributed by atoms with Crippen LogP contribution in [0.1, 0.15) is 23.2 Å². The molecule has 0 aliphatic carbocycles. The fraction of sp³-hybridized carbons (Fsp3) is 0.538. The molecule has 104 valence electrons. The van der Waals surface area contributed by atoms with E-state index < -0.39 is 0 Å². The molecule has 1 saturated heterocycles. The lowest BCUT2D eigenvalue weighted by molar-refractivity contribution is 0.0950. The molecule has 19 heavy (non-hydrogen) atoms. The van der Waals surface area contributed by atoms with E-state index in [1.54, 1.807) is 12.3 Å². The van der Waals surface area contributed by atoms with Crippen LogP contribution < -0.4 is 15.5 Å². The number of hydrogen-bond donors (Lipinski definition) is 2. The summed E-state index contributed by atoms with van der Waals surface area (Å²) in [6.07, 6.45) is 4.00. The first-order chi connectivity index (χ1) is 9.08. The molecule has 2 heterocycles. The quantitative estimate of drug-likeness (QED) is 0.878. The maximum absolute atomic E-state index is 12.3. The number of rotatable bonds is 4. The predicted octanol–water partition coefficient (Wildman–Crippen LogP) is 1.39. The molecule has 1 aromatic heterocycles. The van der Waals surface area contributed by atoms with E-state index in [1.807, 2.05) is 19.0 Å². The van der Waals surface area contributed by atoms with E-state index in [9.17, 15) is 4.79 Å². The first-order valence-electron chi connectivity index (χ1n) is 6.42. The van der Waals surface area contributed by atoms with Gasteiger partial charge in [-0.25, -0.2) is 4.98 Å². The molecule has 2 N–H and O–H groups in total. The summed E-state index contributed by atoms with van der Waals surface area (Å²) in [5, 5.41) is 6.34. The minimum absolute atomic E-state index is 0.0776. The van der Waals surface area contributed by atoms with Crippen LogP contribution in [0.4, 0.5) is 5.82 Å². The Labute approximate surface area is 121 Å². The van der Waals surface area contributed by atoms with Crippen LogP contribution in [-0.4, -0.2) is 44.1 Å². The zero-order valence-electron chi connectivity index (χ0n) is 11.2. The molecule has 0 saturated carbocycles. The van der Waals surface area contributed by atoms with Crippen LogP contribution in [0.3, 0.4) is 0 Å². The fourth-order valence-electron chi connectivity index (χ4n) is 2.20. The summed E-state index contributed by atoms with van der Waals surface area (Å²) in [5.41, 5.74) is 0.595. The number of aromatic nitrogens is 1. The second-order valence-electron chi connectivity index (χ2n) is 4.92. The molecule has 0 bridgehead atoms. The lowest BCUT2D eigenvalue weighted by Crippen LogP contribution is -2.37. The minimum Gasteiger partial charge on any atom is -0.362 e. The van der Waals surface area contributed by atoms with Crippen molar-refractivity contribution in [3.8, 4) is 0 Å². The van der Waals surface area contributed by atoms with Crippen molar-refractivity contribution in [1.29, 1.82) is 0 Å².